The van der Waals surface area contributed by atoms with Crippen LogP contribution in [0.3, 0.4) is 0 Å². The Hall–Kier alpha value is -3.08. The molecule has 30 heavy (non-hydrogen) atoms. The van der Waals surface area contributed by atoms with Crippen LogP contribution in [0.1, 0.15) is 39.1 Å². The third-order valence-electron chi connectivity index (χ3n) is 6.44. The van der Waals surface area contributed by atoms with E-state index in [0.717, 1.165) is 53.8 Å². The summed E-state index contributed by atoms with van der Waals surface area (Å²) in [6.07, 6.45) is 5.37. The number of ether oxygens (including phenoxy) is 1. The van der Waals surface area contributed by atoms with Crippen LogP contribution in [0.15, 0.2) is 54.6 Å². The highest BCUT2D eigenvalue weighted by atomic mass is 16.5. The highest BCUT2D eigenvalue weighted by Gasteiger charge is 2.51. The van der Waals surface area contributed by atoms with Crippen molar-refractivity contribution in [3.8, 4) is 5.75 Å². The fraction of sp³-hybridized carbons (Fsp3) is 0.360. The van der Waals surface area contributed by atoms with Crippen molar-refractivity contribution in [3.05, 3.63) is 60.2 Å². The molecule has 5 nitrogen and oxygen atoms in total. The van der Waals surface area contributed by atoms with E-state index in [1.165, 1.54) is 19.3 Å². The minimum Gasteiger partial charge on any atom is -0.497 e. The van der Waals surface area contributed by atoms with Gasteiger partial charge in [0.1, 0.15) is 17.4 Å². The lowest BCUT2D eigenvalue weighted by atomic mass is 9.95. The van der Waals surface area contributed by atoms with Crippen LogP contribution in [-0.4, -0.2) is 31.1 Å². The van der Waals surface area contributed by atoms with Gasteiger partial charge in [0.2, 0.25) is 5.91 Å². The van der Waals surface area contributed by atoms with Gasteiger partial charge in [-0.1, -0.05) is 36.4 Å². The topological polar surface area (TPSA) is 54.5 Å². The van der Waals surface area contributed by atoms with Crippen LogP contribution in [0.5, 0.6) is 5.75 Å². The smallest absolute Gasteiger partial charge is 0.236 e. The number of piperidine rings is 1. The Balaban J connectivity index is 0.00000231. The number of fused-ring (bicyclic) bond motifs is 1. The molecule has 3 aromatic rings. The first-order chi connectivity index (χ1) is 14.7. The minimum atomic E-state index is -0.453. The standard InChI is InChI=1S/C25H27N3O2.H2/c1-30-20-11-9-19(10-12-20)25(13-14-25)24(29)27-22-17-18-7-3-4-8-21(18)23(26-22)28-15-5-2-6-16-28;/h3-4,7-12,17H,2,5-6,13-16H2,1H3,(H,26,27,29);1H. The normalized spacial score (nSPS) is 17.6. The lowest BCUT2D eigenvalue weighted by Crippen LogP contribution is -2.31. The maximum Gasteiger partial charge on any atom is 0.236 e. The Morgan fingerprint density at radius 2 is 1.80 bits per heavy atom. The highest BCUT2D eigenvalue weighted by Crippen LogP contribution is 2.49. The lowest BCUT2D eigenvalue weighted by Gasteiger charge is -2.29. The van der Waals surface area contributed by atoms with Gasteiger partial charge in [0, 0.05) is 19.9 Å². The lowest BCUT2D eigenvalue weighted by molar-refractivity contribution is -0.118. The van der Waals surface area contributed by atoms with Gasteiger partial charge in [-0.25, -0.2) is 4.98 Å². The third kappa shape index (κ3) is 3.38. The Kier molecular flexibility index (Phi) is 4.81. The Labute approximate surface area is 178 Å². The van der Waals surface area contributed by atoms with Gasteiger partial charge >= 0.3 is 0 Å². The van der Waals surface area contributed by atoms with Crippen molar-refractivity contribution in [1.82, 2.24) is 4.98 Å². The molecule has 1 N–H and O–H groups in total. The summed E-state index contributed by atoms with van der Waals surface area (Å²) in [7, 11) is 1.65. The SMILES string of the molecule is COc1ccc(C2(C(=O)Nc3cc4ccccc4c(N4CCCCC4)n3)CC2)cc1.[HH]. The zero-order chi connectivity index (χ0) is 20.6. The zero-order valence-electron chi connectivity index (χ0n) is 17.4. The Morgan fingerprint density at radius 3 is 2.50 bits per heavy atom. The number of benzene rings is 2. The fourth-order valence-electron chi connectivity index (χ4n) is 4.51. The highest BCUT2D eigenvalue weighted by molar-refractivity contribution is 6.03. The number of hydrogen-bond acceptors (Lipinski definition) is 4. The fourth-order valence-corrected chi connectivity index (χ4v) is 4.51. The summed E-state index contributed by atoms with van der Waals surface area (Å²) >= 11 is 0. The first-order valence-corrected chi connectivity index (χ1v) is 10.8. The van der Waals surface area contributed by atoms with E-state index >= 15 is 0 Å². The van der Waals surface area contributed by atoms with E-state index in [1.54, 1.807) is 7.11 Å². The monoisotopic (exact) mass is 403 g/mol. The van der Waals surface area contributed by atoms with Gasteiger partial charge in [-0.3, -0.25) is 4.79 Å². The van der Waals surface area contributed by atoms with Crippen molar-refractivity contribution < 1.29 is 11.0 Å². The van der Waals surface area contributed by atoms with Crippen LogP contribution in [0, 0.1) is 0 Å². The molecule has 156 valence electrons. The minimum absolute atomic E-state index is 0. The van der Waals surface area contributed by atoms with E-state index in [0.29, 0.717) is 5.82 Å². The second kappa shape index (κ2) is 7.63. The van der Waals surface area contributed by atoms with Crippen LogP contribution in [0.4, 0.5) is 11.6 Å². The number of pyridine rings is 1. The molecule has 0 bridgehead atoms. The maximum atomic E-state index is 13.3. The number of nitrogens with zero attached hydrogens (tertiary/aromatic N) is 2. The Bertz CT molecular complexity index is 1070. The first kappa shape index (κ1) is 18.9. The summed E-state index contributed by atoms with van der Waals surface area (Å²) in [5.74, 6) is 2.45. The summed E-state index contributed by atoms with van der Waals surface area (Å²) in [6, 6.07) is 18.1. The summed E-state index contributed by atoms with van der Waals surface area (Å²) in [6.45, 7) is 2.04. The van der Waals surface area contributed by atoms with E-state index in [1.807, 2.05) is 36.4 Å². The molecule has 0 spiro atoms. The van der Waals surface area contributed by atoms with Gasteiger partial charge in [-0.15, -0.1) is 0 Å². The molecule has 2 fully saturated rings. The number of aromatic nitrogens is 1. The molecule has 1 aliphatic heterocycles. The van der Waals surface area contributed by atoms with Gasteiger partial charge in [-0.05, 0) is 61.3 Å². The zero-order valence-corrected chi connectivity index (χ0v) is 17.4. The molecule has 2 aromatic carbocycles. The number of nitrogens with one attached hydrogen (secondary N) is 1. The van der Waals surface area contributed by atoms with Crippen molar-refractivity contribution in [2.75, 3.05) is 30.4 Å². The number of methoxy groups -OCH3 is 1. The molecule has 5 heteroatoms. The molecule has 0 atom stereocenters. The number of rotatable bonds is 5. The molecule has 1 saturated carbocycles. The van der Waals surface area contributed by atoms with Gasteiger partial charge in [0.15, 0.2) is 0 Å². The van der Waals surface area contributed by atoms with Crippen molar-refractivity contribution in [2.24, 2.45) is 0 Å². The molecule has 2 aliphatic rings. The molecule has 1 saturated heterocycles. The predicted molar refractivity (Wildman–Crippen MR) is 122 cm³/mol. The van der Waals surface area contributed by atoms with E-state index in [9.17, 15) is 4.79 Å². The molecule has 0 radical (unpaired) electrons. The number of carbonyl (C=O) groups is 1. The van der Waals surface area contributed by atoms with Gasteiger partial charge in [0.25, 0.3) is 0 Å². The average Bonchev–Trinajstić information content (AvgIpc) is 3.61. The number of anilines is 2. The molecule has 2 heterocycles. The Morgan fingerprint density at radius 1 is 1.07 bits per heavy atom. The van der Waals surface area contributed by atoms with E-state index < -0.39 is 5.41 Å². The number of hydrogen-bond donors (Lipinski definition) is 1. The number of carbonyl (C=O) groups excluding carboxylic acids is 1. The van der Waals surface area contributed by atoms with Gasteiger partial charge in [-0.2, -0.15) is 0 Å². The van der Waals surface area contributed by atoms with Crippen LogP contribution in [0.25, 0.3) is 10.8 Å². The molecule has 1 amide bonds. The summed E-state index contributed by atoms with van der Waals surface area (Å²) < 4.78 is 5.25. The largest absolute Gasteiger partial charge is 0.497 e. The van der Waals surface area contributed by atoms with Crippen LogP contribution in [-0.2, 0) is 10.2 Å². The molecule has 0 unspecified atom stereocenters. The van der Waals surface area contributed by atoms with Gasteiger partial charge < -0.3 is 15.0 Å². The van der Waals surface area contributed by atoms with E-state index in [-0.39, 0.29) is 7.33 Å². The third-order valence-corrected chi connectivity index (χ3v) is 6.44. The second-order valence-electron chi connectivity index (χ2n) is 8.36. The summed E-state index contributed by atoms with van der Waals surface area (Å²) in [5.41, 5.74) is 0.586. The van der Waals surface area contributed by atoms with E-state index in [2.05, 4.69) is 28.4 Å². The van der Waals surface area contributed by atoms with Crippen molar-refractivity contribution in [1.29, 1.82) is 0 Å². The summed E-state index contributed by atoms with van der Waals surface area (Å²) in [5, 5.41) is 5.39. The maximum absolute atomic E-state index is 13.3. The summed E-state index contributed by atoms with van der Waals surface area (Å²) in [4.78, 5) is 20.5. The van der Waals surface area contributed by atoms with Crippen molar-refractivity contribution >= 4 is 28.3 Å². The van der Waals surface area contributed by atoms with E-state index in [4.69, 9.17) is 9.72 Å². The molecular formula is C25H29N3O2. The van der Waals surface area contributed by atoms with Gasteiger partial charge in [0.05, 0.1) is 12.5 Å². The quantitative estimate of drug-likeness (QED) is 0.640. The van der Waals surface area contributed by atoms with Crippen molar-refractivity contribution in [3.63, 3.8) is 0 Å². The molecular weight excluding hydrogens is 374 g/mol. The molecule has 1 aromatic heterocycles. The van der Waals surface area contributed by atoms with Crippen LogP contribution in [0.2, 0.25) is 0 Å². The number of amides is 1. The first-order valence-electron chi connectivity index (χ1n) is 10.8. The van der Waals surface area contributed by atoms with Crippen LogP contribution >= 0.6 is 0 Å². The molecule has 5 rings (SSSR count). The average molecular weight is 404 g/mol. The second-order valence-corrected chi connectivity index (χ2v) is 8.36. The molecule has 1 aliphatic carbocycles. The van der Waals surface area contributed by atoms with Crippen molar-refractivity contribution in [2.45, 2.75) is 37.5 Å². The van der Waals surface area contributed by atoms with Crippen LogP contribution < -0.4 is 15.0 Å². The predicted octanol–water partition coefficient (Wildman–Crippen LogP) is 5.15.